The Morgan fingerprint density at radius 3 is 2.72 bits per heavy atom. The number of urea groups is 1. The van der Waals surface area contributed by atoms with Crippen molar-refractivity contribution >= 4 is 6.03 Å². The van der Waals surface area contributed by atoms with Crippen molar-refractivity contribution in [1.29, 1.82) is 0 Å². The maximum absolute atomic E-state index is 14.2. The highest BCUT2D eigenvalue weighted by molar-refractivity contribution is 5.74. The molecule has 1 unspecified atom stereocenters. The molecule has 1 aliphatic rings. The van der Waals surface area contributed by atoms with E-state index in [1.54, 1.807) is 17.9 Å². The van der Waals surface area contributed by atoms with Gasteiger partial charge in [-0.2, -0.15) is 5.10 Å². The first kappa shape index (κ1) is 17.4. The molecule has 1 aromatic heterocycles. The Morgan fingerprint density at radius 2 is 2.08 bits per heavy atom. The van der Waals surface area contributed by atoms with Crippen molar-refractivity contribution in [2.45, 2.75) is 38.3 Å². The van der Waals surface area contributed by atoms with E-state index < -0.39 is 17.7 Å². The number of hydrogen-bond acceptors (Lipinski definition) is 2. The number of halogens is 2. The summed E-state index contributed by atoms with van der Waals surface area (Å²) in [5.74, 6) is -1.08. The molecule has 5 nitrogen and oxygen atoms in total. The fraction of sp³-hybridized carbons (Fsp3) is 0.444. The highest BCUT2D eigenvalue weighted by Gasteiger charge is 2.29. The summed E-state index contributed by atoms with van der Waals surface area (Å²) in [5, 5.41) is 9.69. The third kappa shape index (κ3) is 4.15. The Labute approximate surface area is 145 Å². The van der Waals surface area contributed by atoms with E-state index in [2.05, 4.69) is 15.7 Å². The van der Waals surface area contributed by atoms with Crippen molar-refractivity contribution in [3.63, 3.8) is 0 Å². The van der Waals surface area contributed by atoms with Crippen molar-refractivity contribution in [3.05, 3.63) is 53.4 Å². The van der Waals surface area contributed by atoms with E-state index in [4.69, 9.17) is 0 Å². The number of carbonyl (C=O) groups is 1. The first-order valence-electron chi connectivity index (χ1n) is 8.51. The van der Waals surface area contributed by atoms with Crippen LogP contribution in [0.25, 0.3) is 0 Å². The molecule has 2 N–H and O–H groups in total. The number of rotatable bonds is 5. The lowest BCUT2D eigenvalue weighted by Gasteiger charge is -2.26. The predicted octanol–water partition coefficient (Wildman–Crippen LogP) is 3.43. The van der Waals surface area contributed by atoms with Crippen LogP contribution in [-0.2, 0) is 13.6 Å². The molecule has 1 aliphatic carbocycles. The lowest BCUT2D eigenvalue weighted by Crippen LogP contribution is -2.40. The minimum atomic E-state index is -0.621. The van der Waals surface area contributed by atoms with E-state index in [0.717, 1.165) is 37.4 Å². The van der Waals surface area contributed by atoms with Gasteiger partial charge in [0.2, 0.25) is 0 Å². The van der Waals surface area contributed by atoms with Crippen LogP contribution in [0.3, 0.4) is 0 Å². The summed E-state index contributed by atoms with van der Waals surface area (Å²) >= 11 is 0. The Kier molecular flexibility index (Phi) is 5.31. The Bertz CT molecular complexity index is 740. The average molecular weight is 348 g/mol. The molecule has 1 saturated carbocycles. The molecule has 134 valence electrons. The first-order chi connectivity index (χ1) is 12.0. The van der Waals surface area contributed by atoms with Gasteiger partial charge in [-0.15, -0.1) is 0 Å². The summed E-state index contributed by atoms with van der Waals surface area (Å²) in [6.45, 7) is 0.325. The summed E-state index contributed by atoms with van der Waals surface area (Å²) in [4.78, 5) is 12.3. The summed E-state index contributed by atoms with van der Waals surface area (Å²) in [6, 6.07) is 4.50. The van der Waals surface area contributed by atoms with Crippen LogP contribution < -0.4 is 10.6 Å². The molecule has 1 atom stereocenters. The maximum atomic E-state index is 14.2. The van der Waals surface area contributed by atoms with E-state index in [1.807, 2.05) is 6.07 Å². The smallest absolute Gasteiger partial charge is 0.315 e. The molecule has 25 heavy (non-hydrogen) atoms. The third-order valence-electron chi connectivity index (χ3n) is 4.81. The lowest BCUT2D eigenvalue weighted by atomic mass is 9.91. The Hall–Kier alpha value is -2.44. The molecule has 0 aliphatic heterocycles. The number of carbonyl (C=O) groups excluding carboxylic acids is 1. The molecule has 0 saturated heterocycles. The SMILES string of the molecule is Cn1nccc1CNC(=O)NC(c1ccc(F)cc1F)C1CCCC1. The van der Waals surface area contributed by atoms with Crippen LogP contribution >= 0.6 is 0 Å². The van der Waals surface area contributed by atoms with Crippen molar-refractivity contribution < 1.29 is 13.6 Å². The topological polar surface area (TPSA) is 59.0 Å². The zero-order valence-electron chi connectivity index (χ0n) is 14.1. The fourth-order valence-corrected chi connectivity index (χ4v) is 3.43. The van der Waals surface area contributed by atoms with Crippen LogP contribution in [-0.4, -0.2) is 15.8 Å². The summed E-state index contributed by atoms with van der Waals surface area (Å²) in [6.07, 6.45) is 5.61. The van der Waals surface area contributed by atoms with Crippen molar-refractivity contribution in [2.24, 2.45) is 13.0 Å². The second-order valence-electron chi connectivity index (χ2n) is 6.46. The van der Waals surface area contributed by atoms with Crippen molar-refractivity contribution in [1.82, 2.24) is 20.4 Å². The molecule has 0 radical (unpaired) electrons. The van der Waals surface area contributed by atoms with Crippen LogP contribution in [0.15, 0.2) is 30.5 Å². The van der Waals surface area contributed by atoms with Gasteiger partial charge in [-0.25, -0.2) is 13.6 Å². The van der Waals surface area contributed by atoms with Gasteiger partial charge >= 0.3 is 6.03 Å². The summed E-state index contributed by atoms with van der Waals surface area (Å²) < 4.78 is 29.1. The largest absolute Gasteiger partial charge is 0.333 e. The van der Waals surface area contributed by atoms with Crippen molar-refractivity contribution in [2.75, 3.05) is 0 Å². The molecule has 0 spiro atoms. The molecule has 7 heteroatoms. The van der Waals surface area contributed by atoms with Gasteiger partial charge in [0.25, 0.3) is 0 Å². The number of hydrogen-bond donors (Lipinski definition) is 2. The summed E-state index contributed by atoms with van der Waals surface area (Å²) in [5.41, 5.74) is 1.20. The zero-order valence-corrected chi connectivity index (χ0v) is 14.1. The second-order valence-corrected chi connectivity index (χ2v) is 6.46. The minimum Gasteiger partial charge on any atom is -0.333 e. The number of amides is 2. The van der Waals surface area contributed by atoms with Gasteiger partial charge in [-0.1, -0.05) is 18.9 Å². The van der Waals surface area contributed by atoms with Crippen molar-refractivity contribution in [3.8, 4) is 0 Å². The third-order valence-corrected chi connectivity index (χ3v) is 4.81. The molecule has 3 rings (SSSR count). The van der Waals surface area contributed by atoms with Gasteiger partial charge in [-0.05, 0) is 30.9 Å². The van der Waals surface area contributed by atoms with E-state index in [0.29, 0.717) is 12.1 Å². The Balaban J connectivity index is 1.71. The molecule has 1 fully saturated rings. The minimum absolute atomic E-state index is 0.155. The number of nitrogens with zero attached hydrogens (tertiary/aromatic N) is 2. The molecular formula is C18H22F2N4O. The fourth-order valence-electron chi connectivity index (χ4n) is 3.43. The standard InChI is InChI=1S/C18H22F2N4O/c1-24-14(8-9-22-24)11-21-18(25)23-17(12-4-2-3-5-12)15-7-6-13(19)10-16(15)20/h6-10,12,17H,2-5,11H2,1H3,(H2,21,23,25). The van der Waals surface area contributed by atoms with Crippen LogP contribution in [0.2, 0.25) is 0 Å². The van der Waals surface area contributed by atoms with Gasteiger partial charge in [0.05, 0.1) is 18.3 Å². The highest BCUT2D eigenvalue weighted by atomic mass is 19.1. The predicted molar refractivity (Wildman–Crippen MR) is 89.6 cm³/mol. The van der Waals surface area contributed by atoms with Crippen LogP contribution in [0, 0.1) is 17.6 Å². The van der Waals surface area contributed by atoms with E-state index in [1.165, 1.54) is 12.1 Å². The molecule has 1 aromatic carbocycles. The van der Waals surface area contributed by atoms with Crippen LogP contribution in [0.5, 0.6) is 0 Å². The van der Waals surface area contributed by atoms with E-state index in [9.17, 15) is 13.6 Å². The molecule has 2 aromatic rings. The number of nitrogens with one attached hydrogen (secondary N) is 2. The lowest BCUT2D eigenvalue weighted by molar-refractivity contribution is 0.230. The quantitative estimate of drug-likeness (QED) is 0.870. The van der Waals surface area contributed by atoms with Gasteiger partial charge in [0, 0.05) is 24.9 Å². The van der Waals surface area contributed by atoms with Gasteiger partial charge in [0.15, 0.2) is 0 Å². The first-order valence-corrected chi connectivity index (χ1v) is 8.51. The monoisotopic (exact) mass is 348 g/mol. The molecular weight excluding hydrogens is 326 g/mol. The van der Waals surface area contributed by atoms with E-state index >= 15 is 0 Å². The summed E-state index contributed by atoms with van der Waals surface area (Å²) in [7, 11) is 1.80. The normalized spacial score (nSPS) is 16.0. The molecule has 1 heterocycles. The number of benzene rings is 1. The maximum Gasteiger partial charge on any atom is 0.315 e. The van der Waals surface area contributed by atoms with Gasteiger partial charge in [-0.3, -0.25) is 4.68 Å². The second kappa shape index (κ2) is 7.63. The highest BCUT2D eigenvalue weighted by Crippen LogP contribution is 2.36. The van der Waals surface area contributed by atoms with Crippen LogP contribution in [0.1, 0.15) is 43.0 Å². The van der Waals surface area contributed by atoms with E-state index in [-0.39, 0.29) is 11.9 Å². The van der Waals surface area contributed by atoms with Gasteiger partial charge in [0.1, 0.15) is 11.6 Å². The molecule has 0 bridgehead atoms. The zero-order chi connectivity index (χ0) is 17.8. The molecule has 2 amide bonds. The number of aromatic nitrogens is 2. The average Bonchev–Trinajstić information content (AvgIpc) is 3.23. The Morgan fingerprint density at radius 1 is 1.32 bits per heavy atom. The number of aryl methyl sites for hydroxylation is 1. The van der Waals surface area contributed by atoms with Gasteiger partial charge < -0.3 is 10.6 Å². The van der Waals surface area contributed by atoms with Crippen LogP contribution in [0.4, 0.5) is 13.6 Å².